The van der Waals surface area contributed by atoms with Crippen molar-refractivity contribution in [3.05, 3.63) is 23.8 Å². The van der Waals surface area contributed by atoms with Crippen LogP contribution in [0.2, 0.25) is 0 Å². The van der Waals surface area contributed by atoms with E-state index in [-0.39, 0.29) is 0 Å². The van der Waals surface area contributed by atoms with Crippen molar-refractivity contribution in [2.24, 2.45) is 0 Å². The van der Waals surface area contributed by atoms with E-state index in [2.05, 4.69) is 36.3 Å². The molecule has 1 aromatic carbocycles. The van der Waals surface area contributed by atoms with Gasteiger partial charge in [0.2, 0.25) is 0 Å². The zero-order valence-corrected chi connectivity index (χ0v) is 14.9. The number of nitrogens with one attached hydrogen (secondary N) is 1. The van der Waals surface area contributed by atoms with Crippen LogP contribution in [0.25, 0.3) is 0 Å². The molecule has 2 aliphatic rings. The van der Waals surface area contributed by atoms with Crippen LogP contribution in [0, 0.1) is 0 Å². The maximum atomic E-state index is 5.94. The summed E-state index contributed by atoms with van der Waals surface area (Å²) in [7, 11) is 2.44. The molecule has 0 bridgehead atoms. The lowest BCUT2D eigenvalue weighted by Gasteiger charge is -2.43. The lowest BCUT2D eigenvalue weighted by Crippen LogP contribution is -2.56. The Labute approximate surface area is 141 Å². The second kappa shape index (κ2) is 7.10. The molecule has 23 heavy (non-hydrogen) atoms. The van der Waals surface area contributed by atoms with E-state index in [0.717, 1.165) is 44.3 Å². The van der Waals surface area contributed by atoms with E-state index < -0.39 is 0 Å². The molecule has 0 radical (unpaired) electrons. The van der Waals surface area contributed by atoms with E-state index in [4.69, 9.17) is 5.73 Å². The second-order valence-corrected chi connectivity index (χ2v) is 7.65. The first-order valence-corrected chi connectivity index (χ1v) is 9.27. The smallest absolute Gasteiger partial charge is 0.0913 e. The molecule has 2 heterocycles. The van der Waals surface area contributed by atoms with Gasteiger partial charge in [0.1, 0.15) is 0 Å². The number of nitrogens with zero attached hydrogens (tertiary/aromatic N) is 2. The zero-order chi connectivity index (χ0) is 16.3. The van der Waals surface area contributed by atoms with Crippen LogP contribution in [-0.2, 0) is 6.42 Å². The summed E-state index contributed by atoms with van der Waals surface area (Å²) < 4.78 is 1.25. The van der Waals surface area contributed by atoms with Gasteiger partial charge >= 0.3 is 0 Å². The van der Waals surface area contributed by atoms with Gasteiger partial charge in [-0.2, -0.15) is 0 Å². The third-order valence-electron chi connectivity index (χ3n) is 6.06. The maximum absolute atomic E-state index is 5.94. The number of rotatable bonds is 6. The van der Waals surface area contributed by atoms with Gasteiger partial charge in [-0.1, -0.05) is 6.07 Å². The molecule has 4 heteroatoms. The lowest BCUT2D eigenvalue weighted by molar-refractivity contribution is -0.935. The van der Waals surface area contributed by atoms with E-state index in [9.17, 15) is 0 Å². The minimum atomic E-state index is 0.819. The summed E-state index contributed by atoms with van der Waals surface area (Å²) in [4.78, 5) is 2.47. The van der Waals surface area contributed by atoms with Gasteiger partial charge in [-0.3, -0.25) is 0 Å². The monoisotopic (exact) mass is 317 g/mol. The predicted octanol–water partition coefficient (Wildman–Crippen LogP) is 2.24. The average molecular weight is 318 g/mol. The Morgan fingerprint density at radius 2 is 2.17 bits per heavy atom. The summed E-state index contributed by atoms with van der Waals surface area (Å²) in [6.45, 7) is 9.42. The van der Waals surface area contributed by atoms with Gasteiger partial charge in [0.05, 0.1) is 26.2 Å². The van der Waals surface area contributed by atoms with Crippen molar-refractivity contribution < 1.29 is 4.48 Å². The number of piperidine rings is 1. The topological polar surface area (TPSA) is 41.3 Å². The molecule has 0 aliphatic carbocycles. The third-order valence-corrected chi connectivity index (χ3v) is 6.06. The largest absolute Gasteiger partial charge is 0.399 e. The standard InChI is InChI=1S/C19H33N4/c1-16-5-3-4-13-23(16,2)14-10-21-9-12-22-11-8-17-6-7-18(20)15-19(17)22/h6-7,15-16,21H,3-5,8-14,20H2,1-2H3/q+1. The molecule has 1 fully saturated rings. The molecule has 1 aromatic rings. The van der Waals surface area contributed by atoms with Crippen molar-refractivity contribution in [1.29, 1.82) is 0 Å². The molecule has 2 atom stereocenters. The molecule has 2 unspecified atom stereocenters. The number of fused-ring (bicyclic) bond motifs is 1. The summed E-state index contributed by atoms with van der Waals surface area (Å²) in [5.74, 6) is 0. The molecular formula is C19H33N4+. The number of hydrogen-bond donors (Lipinski definition) is 2. The maximum Gasteiger partial charge on any atom is 0.0913 e. The van der Waals surface area contributed by atoms with Crippen molar-refractivity contribution in [3.8, 4) is 0 Å². The molecule has 128 valence electrons. The quantitative estimate of drug-likeness (QED) is 0.480. The first-order valence-electron chi connectivity index (χ1n) is 9.27. The number of likely N-dealkylation sites (N-methyl/N-ethyl adjacent to an activating group) is 1. The minimum absolute atomic E-state index is 0.819. The number of benzene rings is 1. The Bertz CT molecular complexity index is 530. The Morgan fingerprint density at radius 1 is 1.30 bits per heavy atom. The Kier molecular flexibility index (Phi) is 5.12. The molecule has 4 nitrogen and oxygen atoms in total. The predicted molar refractivity (Wildman–Crippen MR) is 98.9 cm³/mol. The normalized spacial score (nSPS) is 27.2. The SMILES string of the molecule is CC1CCCC[N+]1(C)CCNCCN1CCc2ccc(N)cc21. The first-order chi connectivity index (χ1) is 11.1. The van der Waals surface area contributed by atoms with Crippen LogP contribution < -0.4 is 16.0 Å². The molecule has 0 amide bonds. The fourth-order valence-corrected chi connectivity index (χ4v) is 4.15. The zero-order valence-electron chi connectivity index (χ0n) is 14.9. The molecule has 0 spiro atoms. The van der Waals surface area contributed by atoms with Gasteiger partial charge in [-0.05, 0) is 50.3 Å². The van der Waals surface area contributed by atoms with Crippen LogP contribution in [0.15, 0.2) is 18.2 Å². The van der Waals surface area contributed by atoms with E-state index in [1.165, 1.54) is 48.1 Å². The molecule has 0 aromatic heterocycles. The van der Waals surface area contributed by atoms with Crippen LogP contribution >= 0.6 is 0 Å². The van der Waals surface area contributed by atoms with Gasteiger partial charge in [0.15, 0.2) is 0 Å². The fraction of sp³-hybridized carbons (Fsp3) is 0.684. The second-order valence-electron chi connectivity index (χ2n) is 7.65. The highest BCUT2D eigenvalue weighted by Gasteiger charge is 2.31. The molecule has 3 rings (SSSR count). The van der Waals surface area contributed by atoms with E-state index in [1.807, 2.05) is 6.07 Å². The molecule has 2 aliphatic heterocycles. The van der Waals surface area contributed by atoms with Crippen LogP contribution in [-0.4, -0.2) is 56.8 Å². The summed E-state index contributed by atoms with van der Waals surface area (Å²) in [5.41, 5.74) is 9.60. The number of anilines is 2. The number of nitrogens with two attached hydrogens (primary N) is 1. The minimum Gasteiger partial charge on any atom is -0.399 e. The van der Waals surface area contributed by atoms with Gasteiger partial charge in [0, 0.05) is 37.6 Å². The van der Waals surface area contributed by atoms with Crippen LogP contribution in [0.3, 0.4) is 0 Å². The average Bonchev–Trinajstić information content (AvgIpc) is 2.92. The summed E-state index contributed by atoms with van der Waals surface area (Å²) >= 11 is 0. The molecule has 1 saturated heterocycles. The van der Waals surface area contributed by atoms with Crippen LogP contribution in [0.4, 0.5) is 11.4 Å². The summed E-state index contributed by atoms with van der Waals surface area (Å²) in [6, 6.07) is 7.15. The van der Waals surface area contributed by atoms with Crippen molar-refractivity contribution in [2.75, 3.05) is 56.9 Å². The van der Waals surface area contributed by atoms with Gasteiger partial charge in [0.25, 0.3) is 0 Å². The molecular weight excluding hydrogens is 284 g/mol. The highest BCUT2D eigenvalue weighted by molar-refractivity contribution is 5.64. The highest BCUT2D eigenvalue weighted by Crippen LogP contribution is 2.29. The summed E-state index contributed by atoms with van der Waals surface area (Å²) in [6.07, 6.45) is 5.36. The van der Waals surface area contributed by atoms with Crippen LogP contribution in [0.5, 0.6) is 0 Å². The molecule has 0 saturated carbocycles. The van der Waals surface area contributed by atoms with E-state index >= 15 is 0 Å². The Hall–Kier alpha value is -1.26. The highest BCUT2D eigenvalue weighted by atomic mass is 15.4. The van der Waals surface area contributed by atoms with Gasteiger partial charge in [-0.15, -0.1) is 0 Å². The lowest BCUT2D eigenvalue weighted by atomic mass is 10.0. The van der Waals surface area contributed by atoms with Crippen LogP contribution in [0.1, 0.15) is 31.7 Å². The number of hydrogen-bond acceptors (Lipinski definition) is 3. The summed E-state index contributed by atoms with van der Waals surface area (Å²) in [5, 5.41) is 3.66. The first kappa shape index (κ1) is 16.6. The van der Waals surface area contributed by atoms with E-state index in [0.29, 0.717) is 0 Å². The Balaban J connectivity index is 1.41. The molecule has 3 N–H and O–H groups in total. The number of nitrogen functional groups attached to an aromatic ring is 1. The van der Waals surface area contributed by atoms with Crippen molar-refractivity contribution in [2.45, 2.75) is 38.6 Å². The fourth-order valence-electron chi connectivity index (χ4n) is 4.15. The van der Waals surface area contributed by atoms with Crippen molar-refractivity contribution in [3.63, 3.8) is 0 Å². The van der Waals surface area contributed by atoms with Crippen molar-refractivity contribution in [1.82, 2.24) is 5.32 Å². The van der Waals surface area contributed by atoms with Gasteiger partial charge in [-0.25, -0.2) is 0 Å². The van der Waals surface area contributed by atoms with Crippen molar-refractivity contribution >= 4 is 11.4 Å². The van der Waals surface area contributed by atoms with E-state index in [1.54, 1.807) is 0 Å². The Morgan fingerprint density at radius 3 is 3.00 bits per heavy atom. The van der Waals surface area contributed by atoms with Gasteiger partial charge < -0.3 is 20.4 Å². The number of quaternary nitrogens is 1. The number of likely N-dealkylation sites (tertiary alicyclic amines) is 1. The third kappa shape index (κ3) is 3.81.